The second-order valence-electron chi connectivity index (χ2n) is 2.25. The molecule has 0 aliphatic carbocycles. The Hall–Kier alpha value is 0.200. The molecular formula is C6H10INO. The fourth-order valence-corrected chi connectivity index (χ4v) is 1.56. The molecule has 1 amide bonds. The molecule has 1 rings (SSSR count). The molecule has 1 unspecified atom stereocenters. The molecule has 52 valence electrons. The molecule has 1 fully saturated rings. The van der Waals surface area contributed by atoms with Crippen LogP contribution in [0.1, 0.15) is 19.3 Å². The Morgan fingerprint density at radius 3 is 3.11 bits per heavy atom. The molecule has 0 bridgehead atoms. The average molecular weight is 239 g/mol. The van der Waals surface area contributed by atoms with Crippen LogP contribution in [0.5, 0.6) is 0 Å². The van der Waals surface area contributed by atoms with Crippen molar-refractivity contribution in [2.45, 2.75) is 23.2 Å². The lowest BCUT2D eigenvalue weighted by atomic mass is 10.2. The van der Waals surface area contributed by atoms with Crippen LogP contribution in [0.4, 0.5) is 0 Å². The summed E-state index contributed by atoms with van der Waals surface area (Å²) in [4.78, 5) is 10.9. The average Bonchev–Trinajstić information content (AvgIpc) is 1.99. The van der Waals surface area contributed by atoms with E-state index in [-0.39, 0.29) is 9.83 Å². The van der Waals surface area contributed by atoms with Gasteiger partial charge in [-0.05, 0) is 12.8 Å². The van der Waals surface area contributed by atoms with E-state index < -0.39 is 0 Å². The van der Waals surface area contributed by atoms with Crippen LogP contribution in [-0.4, -0.2) is 16.4 Å². The molecule has 1 heterocycles. The number of nitrogens with one attached hydrogen (secondary N) is 1. The van der Waals surface area contributed by atoms with Gasteiger partial charge in [-0.25, -0.2) is 0 Å². The second kappa shape index (κ2) is 3.39. The number of halogens is 1. The van der Waals surface area contributed by atoms with Gasteiger partial charge in [0.25, 0.3) is 0 Å². The quantitative estimate of drug-likeness (QED) is 0.497. The summed E-state index contributed by atoms with van der Waals surface area (Å²) in [5.74, 6) is 0.216. The summed E-state index contributed by atoms with van der Waals surface area (Å²) >= 11 is 2.20. The summed E-state index contributed by atoms with van der Waals surface area (Å²) in [6.07, 6.45) is 3.38. The largest absolute Gasteiger partial charge is 0.355 e. The highest BCUT2D eigenvalue weighted by Crippen LogP contribution is 2.12. The molecule has 1 N–H and O–H groups in total. The molecule has 3 heteroatoms. The number of hydrogen-bond acceptors (Lipinski definition) is 1. The Labute approximate surface area is 68.5 Å². The third-order valence-corrected chi connectivity index (χ3v) is 2.66. The second-order valence-corrected chi connectivity index (χ2v) is 3.76. The monoisotopic (exact) mass is 239 g/mol. The maximum Gasteiger partial charge on any atom is 0.232 e. The summed E-state index contributed by atoms with van der Waals surface area (Å²) in [5.41, 5.74) is 0. The lowest BCUT2D eigenvalue weighted by Crippen LogP contribution is -2.28. The number of carbonyl (C=O) groups excluding carboxylic acids is 1. The predicted octanol–water partition coefficient (Wildman–Crippen LogP) is 1.09. The SMILES string of the molecule is O=C1NCCCCC1I. The van der Waals surface area contributed by atoms with Crippen molar-refractivity contribution in [1.29, 1.82) is 0 Å². The minimum Gasteiger partial charge on any atom is -0.355 e. The maximum atomic E-state index is 10.9. The fraction of sp³-hybridized carbons (Fsp3) is 0.833. The minimum atomic E-state index is 0.213. The third-order valence-electron chi connectivity index (χ3n) is 1.47. The molecule has 0 aromatic heterocycles. The topological polar surface area (TPSA) is 29.1 Å². The van der Waals surface area contributed by atoms with Gasteiger partial charge in [-0.2, -0.15) is 0 Å². The van der Waals surface area contributed by atoms with Crippen LogP contribution in [-0.2, 0) is 4.79 Å². The summed E-state index contributed by atoms with van der Waals surface area (Å²) in [5, 5.41) is 2.85. The van der Waals surface area contributed by atoms with E-state index in [0.717, 1.165) is 19.4 Å². The molecule has 9 heavy (non-hydrogen) atoms. The van der Waals surface area contributed by atoms with E-state index in [0.29, 0.717) is 0 Å². The highest BCUT2D eigenvalue weighted by atomic mass is 127. The van der Waals surface area contributed by atoms with Gasteiger partial charge in [-0.1, -0.05) is 29.0 Å². The molecule has 1 aliphatic heterocycles. The standard InChI is InChI=1S/C6H10INO/c7-5-3-1-2-4-8-6(5)9/h5H,1-4H2,(H,8,9). The highest BCUT2D eigenvalue weighted by Gasteiger charge is 2.15. The smallest absolute Gasteiger partial charge is 0.232 e. The van der Waals surface area contributed by atoms with E-state index >= 15 is 0 Å². The van der Waals surface area contributed by atoms with Crippen molar-refractivity contribution < 1.29 is 4.79 Å². The van der Waals surface area contributed by atoms with Gasteiger partial charge in [-0.3, -0.25) is 4.79 Å². The number of alkyl halides is 1. The first-order valence-electron chi connectivity index (χ1n) is 3.22. The van der Waals surface area contributed by atoms with Gasteiger partial charge in [0.05, 0.1) is 3.92 Å². The summed E-state index contributed by atoms with van der Waals surface area (Å²) in [6.45, 7) is 0.873. The Morgan fingerprint density at radius 2 is 2.33 bits per heavy atom. The Balaban J connectivity index is 2.41. The van der Waals surface area contributed by atoms with Gasteiger partial charge in [0, 0.05) is 6.54 Å². The molecule has 1 saturated heterocycles. The van der Waals surface area contributed by atoms with Gasteiger partial charge in [0.15, 0.2) is 0 Å². The van der Waals surface area contributed by atoms with Crippen LogP contribution < -0.4 is 5.32 Å². The number of carbonyl (C=O) groups is 1. The lowest BCUT2D eigenvalue weighted by Gasteiger charge is -2.01. The Bertz CT molecular complexity index is 116. The lowest BCUT2D eigenvalue weighted by molar-refractivity contribution is -0.119. The van der Waals surface area contributed by atoms with Gasteiger partial charge in [-0.15, -0.1) is 0 Å². The van der Waals surface area contributed by atoms with Crippen LogP contribution in [0, 0.1) is 0 Å². The van der Waals surface area contributed by atoms with E-state index in [2.05, 4.69) is 27.9 Å². The van der Waals surface area contributed by atoms with Crippen molar-refractivity contribution in [3.05, 3.63) is 0 Å². The van der Waals surface area contributed by atoms with E-state index in [1.807, 2.05) is 0 Å². The van der Waals surface area contributed by atoms with Gasteiger partial charge in [0.1, 0.15) is 0 Å². The predicted molar refractivity (Wildman–Crippen MR) is 44.7 cm³/mol. The first kappa shape index (κ1) is 7.31. The van der Waals surface area contributed by atoms with Crippen molar-refractivity contribution >= 4 is 28.5 Å². The van der Waals surface area contributed by atoms with Crippen LogP contribution in [0.2, 0.25) is 0 Å². The molecule has 0 spiro atoms. The summed E-state index contributed by atoms with van der Waals surface area (Å²) in [6, 6.07) is 0. The summed E-state index contributed by atoms with van der Waals surface area (Å²) in [7, 11) is 0. The van der Waals surface area contributed by atoms with E-state index in [1.165, 1.54) is 6.42 Å². The molecule has 1 atom stereocenters. The Morgan fingerprint density at radius 1 is 1.56 bits per heavy atom. The maximum absolute atomic E-state index is 10.9. The van der Waals surface area contributed by atoms with Crippen LogP contribution in [0.15, 0.2) is 0 Å². The molecule has 2 nitrogen and oxygen atoms in total. The zero-order valence-corrected chi connectivity index (χ0v) is 7.35. The third kappa shape index (κ3) is 2.12. The molecule has 0 aromatic rings. The van der Waals surface area contributed by atoms with Crippen molar-refractivity contribution in [2.24, 2.45) is 0 Å². The van der Waals surface area contributed by atoms with Crippen molar-refractivity contribution in [3.8, 4) is 0 Å². The first-order valence-corrected chi connectivity index (χ1v) is 4.47. The molecule has 1 aliphatic rings. The molecule has 0 radical (unpaired) electrons. The van der Waals surface area contributed by atoms with Crippen molar-refractivity contribution in [1.82, 2.24) is 5.32 Å². The zero-order valence-electron chi connectivity index (χ0n) is 5.19. The van der Waals surface area contributed by atoms with Gasteiger partial charge < -0.3 is 5.32 Å². The normalized spacial score (nSPS) is 29.0. The van der Waals surface area contributed by atoms with E-state index in [9.17, 15) is 4.79 Å². The van der Waals surface area contributed by atoms with Crippen LogP contribution in [0.3, 0.4) is 0 Å². The van der Waals surface area contributed by atoms with E-state index in [4.69, 9.17) is 0 Å². The highest BCUT2D eigenvalue weighted by molar-refractivity contribution is 14.1. The van der Waals surface area contributed by atoms with Crippen molar-refractivity contribution in [3.63, 3.8) is 0 Å². The number of hydrogen-bond donors (Lipinski definition) is 1. The number of rotatable bonds is 0. The fourth-order valence-electron chi connectivity index (χ4n) is 0.902. The molecular weight excluding hydrogens is 229 g/mol. The van der Waals surface area contributed by atoms with Gasteiger partial charge >= 0.3 is 0 Å². The summed E-state index contributed by atoms with van der Waals surface area (Å²) < 4.78 is 0.213. The number of amides is 1. The molecule has 0 aromatic carbocycles. The van der Waals surface area contributed by atoms with E-state index in [1.54, 1.807) is 0 Å². The van der Waals surface area contributed by atoms with Gasteiger partial charge in [0.2, 0.25) is 5.91 Å². The first-order chi connectivity index (χ1) is 4.30. The van der Waals surface area contributed by atoms with Crippen LogP contribution >= 0.6 is 22.6 Å². The minimum absolute atomic E-state index is 0.213. The zero-order chi connectivity index (χ0) is 6.69. The van der Waals surface area contributed by atoms with Crippen LogP contribution in [0.25, 0.3) is 0 Å². The Kier molecular flexibility index (Phi) is 2.75. The molecule has 0 saturated carbocycles. The van der Waals surface area contributed by atoms with Crippen molar-refractivity contribution in [2.75, 3.05) is 6.54 Å².